The van der Waals surface area contributed by atoms with Crippen LogP contribution in [0.15, 0.2) is 60.8 Å². The SMILES string of the molecule is CC/C=C\C/C=C\C/C=C\C/C=C\CCCCCCCCCCCCCCCOCC(COP(=O)(O)OCCN)OC(=O)CCCCCCC/C=C\CCCCC. The van der Waals surface area contributed by atoms with Gasteiger partial charge in [-0.3, -0.25) is 13.8 Å². The average molecular weight is 822 g/mol. The molecule has 0 aliphatic carbocycles. The summed E-state index contributed by atoms with van der Waals surface area (Å²) in [7, 11) is -4.28. The third kappa shape index (κ3) is 45.1. The lowest BCUT2D eigenvalue weighted by Crippen LogP contribution is -2.28. The quantitative estimate of drug-likeness (QED) is 0.0270. The molecular formula is C48H88NO7P. The third-order valence-corrected chi connectivity index (χ3v) is 10.7. The van der Waals surface area contributed by atoms with Crippen LogP contribution in [0.3, 0.4) is 0 Å². The smallest absolute Gasteiger partial charge is 0.457 e. The lowest BCUT2D eigenvalue weighted by Gasteiger charge is -2.20. The summed E-state index contributed by atoms with van der Waals surface area (Å²) in [6.07, 6.45) is 55.4. The zero-order valence-electron chi connectivity index (χ0n) is 36.8. The van der Waals surface area contributed by atoms with Gasteiger partial charge in [0.25, 0.3) is 0 Å². The number of allylic oxidation sites excluding steroid dienone is 10. The first kappa shape index (κ1) is 55.2. The monoisotopic (exact) mass is 822 g/mol. The van der Waals surface area contributed by atoms with Crippen molar-refractivity contribution in [2.45, 2.75) is 206 Å². The van der Waals surface area contributed by atoms with E-state index in [9.17, 15) is 14.3 Å². The van der Waals surface area contributed by atoms with Gasteiger partial charge in [-0.1, -0.05) is 177 Å². The minimum atomic E-state index is -4.28. The molecule has 0 amide bonds. The predicted molar refractivity (Wildman–Crippen MR) is 242 cm³/mol. The van der Waals surface area contributed by atoms with E-state index in [1.54, 1.807) is 0 Å². The topological polar surface area (TPSA) is 117 Å². The van der Waals surface area contributed by atoms with Gasteiger partial charge in [0.1, 0.15) is 6.10 Å². The maximum absolute atomic E-state index is 12.6. The second-order valence-electron chi connectivity index (χ2n) is 15.2. The largest absolute Gasteiger partial charge is 0.472 e. The number of phosphoric ester groups is 1. The summed E-state index contributed by atoms with van der Waals surface area (Å²) in [5, 5.41) is 0. The predicted octanol–water partition coefficient (Wildman–Crippen LogP) is 14.1. The first-order valence-electron chi connectivity index (χ1n) is 23.3. The standard InChI is InChI=1S/C48H88NO7P/c1-3-5-7-9-11-13-15-17-18-19-20-21-22-23-24-25-26-27-28-29-30-32-34-36-38-40-43-53-45-47(46-55-57(51,52)54-44-42-49)56-48(50)41-39-37-35-33-31-16-14-12-10-8-6-4-2/h5,7,11-14,17-18,20-21,47H,3-4,6,8-10,15-16,19,22-46,49H2,1-2H3,(H,51,52)/b7-5-,13-11-,14-12-,18-17-,21-20-. The molecule has 0 aromatic rings. The highest BCUT2D eigenvalue weighted by molar-refractivity contribution is 7.47. The number of nitrogens with two attached hydrogens (primary N) is 1. The minimum Gasteiger partial charge on any atom is -0.457 e. The highest BCUT2D eigenvalue weighted by atomic mass is 31.2. The summed E-state index contributed by atoms with van der Waals surface area (Å²) in [6.45, 7) is 4.77. The maximum Gasteiger partial charge on any atom is 0.472 e. The van der Waals surface area contributed by atoms with Gasteiger partial charge in [0.15, 0.2) is 0 Å². The molecule has 9 heteroatoms. The number of hydrogen-bond acceptors (Lipinski definition) is 7. The molecule has 0 fully saturated rings. The average Bonchev–Trinajstić information content (AvgIpc) is 3.20. The highest BCUT2D eigenvalue weighted by Crippen LogP contribution is 2.43. The minimum absolute atomic E-state index is 0.0974. The molecule has 3 N–H and O–H groups in total. The van der Waals surface area contributed by atoms with E-state index < -0.39 is 13.9 Å². The first-order valence-corrected chi connectivity index (χ1v) is 24.8. The fourth-order valence-corrected chi connectivity index (χ4v) is 7.04. The summed E-state index contributed by atoms with van der Waals surface area (Å²) in [5.41, 5.74) is 5.37. The van der Waals surface area contributed by atoms with Crippen molar-refractivity contribution in [3.8, 4) is 0 Å². The van der Waals surface area contributed by atoms with Gasteiger partial charge in [-0.15, -0.1) is 0 Å². The molecule has 0 aromatic heterocycles. The zero-order chi connectivity index (χ0) is 41.6. The van der Waals surface area contributed by atoms with Gasteiger partial charge in [0.05, 0.1) is 19.8 Å². The number of unbranched alkanes of at least 4 members (excludes halogenated alkanes) is 21. The Hall–Kier alpha value is -1.80. The molecule has 0 heterocycles. The Morgan fingerprint density at radius 2 is 0.982 bits per heavy atom. The lowest BCUT2D eigenvalue weighted by molar-refractivity contribution is -0.154. The van der Waals surface area contributed by atoms with Crippen molar-refractivity contribution in [2.24, 2.45) is 5.73 Å². The van der Waals surface area contributed by atoms with E-state index >= 15 is 0 Å². The fraction of sp³-hybridized carbons (Fsp3) is 0.771. The molecule has 8 nitrogen and oxygen atoms in total. The molecule has 0 saturated heterocycles. The number of esters is 1. The van der Waals surface area contributed by atoms with Crippen LogP contribution < -0.4 is 5.73 Å². The number of ether oxygens (including phenoxy) is 2. The van der Waals surface area contributed by atoms with E-state index in [2.05, 4.69) is 74.6 Å². The molecule has 57 heavy (non-hydrogen) atoms. The van der Waals surface area contributed by atoms with Crippen LogP contribution in [0.2, 0.25) is 0 Å². The normalized spacial score (nSPS) is 14.0. The molecule has 2 atom stereocenters. The van der Waals surface area contributed by atoms with Crippen LogP contribution >= 0.6 is 7.82 Å². The van der Waals surface area contributed by atoms with E-state index in [0.29, 0.717) is 13.0 Å². The second-order valence-corrected chi connectivity index (χ2v) is 16.7. The Morgan fingerprint density at radius 1 is 0.544 bits per heavy atom. The number of rotatable bonds is 44. The van der Waals surface area contributed by atoms with Crippen LogP contribution in [0.25, 0.3) is 0 Å². The van der Waals surface area contributed by atoms with Crippen molar-refractivity contribution in [3.05, 3.63) is 60.8 Å². The second kappa shape index (κ2) is 45.3. The van der Waals surface area contributed by atoms with Gasteiger partial charge in [-0.2, -0.15) is 0 Å². The summed E-state index contributed by atoms with van der Waals surface area (Å²) < 4.78 is 33.4. The molecule has 0 rings (SSSR count). The molecule has 0 saturated carbocycles. The van der Waals surface area contributed by atoms with E-state index in [1.165, 1.54) is 109 Å². The highest BCUT2D eigenvalue weighted by Gasteiger charge is 2.25. The number of carbonyl (C=O) groups excluding carboxylic acids is 1. The fourth-order valence-electron chi connectivity index (χ4n) is 6.28. The van der Waals surface area contributed by atoms with E-state index in [-0.39, 0.29) is 32.3 Å². The van der Waals surface area contributed by atoms with Crippen molar-refractivity contribution in [2.75, 3.05) is 33.0 Å². The summed E-state index contributed by atoms with van der Waals surface area (Å²) >= 11 is 0. The molecule has 0 bridgehead atoms. The molecule has 0 spiro atoms. The zero-order valence-corrected chi connectivity index (χ0v) is 37.7. The molecular weight excluding hydrogens is 734 g/mol. The Labute approximate surface area is 351 Å². The summed E-state index contributed by atoms with van der Waals surface area (Å²) in [5.74, 6) is -0.341. The van der Waals surface area contributed by atoms with Crippen molar-refractivity contribution in [1.29, 1.82) is 0 Å². The summed E-state index contributed by atoms with van der Waals surface area (Å²) in [4.78, 5) is 22.5. The Bertz CT molecular complexity index is 1060. The number of carbonyl (C=O) groups is 1. The van der Waals surface area contributed by atoms with Crippen molar-refractivity contribution >= 4 is 13.8 Å². The van der Waals surface area contributed by atoms with Gasteiger partial charge in [-0.25, -0.2) is 4.57 Å². The Balaban J connectivity index is 3.90. The molecule has 0 aliphatic heterocycles. The van der Waals surface area contributed by atoms with Crippen LogP contribution in [0.1, 0.15) is 200 Å². The maximum atomic E-state index is 12.6. The van der Waals surface area contributed by atoms with Crippen LogP contribution in [-0.4, -0.2) is 49.9 Å². The van der Waals surface area contributed by atoms with E-state index in [1.807, 2.05) is 0 Å². The first-order chi connectivity index (χ1) is 27.9. The van der Waals surface area contributed by atoms with Gasteiger partial charge in [0.2, 0.25) is 0 Å². The van der Waals surface area contributed by atoms with Crippen molar-refractivity contribution < 1.29 is 32.8 Å². The molecule has 2 unspecified atom stereocenters. The van der Waals surface area contributed by atoms with Gasteiger partial charge < -0.3 is 20.1 Å². The van der Waals surface area contributed by atoms with Crippen molar-refractivity contribution in [1.82, 2.24) is 0 Å². The number of hydrogen-bond donors (Lipinski definition) is 2. The summed E-state index contributed by atoms with van der Waals surface area (Å²) in [6, 6.07) is 0. The van der Waals surface area contributed by atoms with Gasteiger partial charge >= 0.3 is 13.8 Å². The van der Waals surface area contributed by atoms with E-state index in [0.717, 1.165) is 70.6 Å². The number of phosphoric acid groups is 1. The molecule has 0 aromatic carbocycles. The van der Waals surface area contributed by atoms with Crippen LogP contribution in [0, 0.1) is 0 Å². The van der Waals surface area contributed by atoms with Crippen LogP contribution in [-0.2, 0) is 27.9 Å². The Morgan fingerprint density at radius 3 is 1.49 bits per heavy atom. The van der Waals surface area contributed by atoms with E-state index in [4.69, 9.17) is 24.3 Å². The van der Waals surface area contributed by atoms with Gasteiger partial charge in [-0.05, 0) is 77.0 Å². The van der Waals surface area contributed by atoms with Crippen LogP contribution in [0.5, 0.6) is 0 Å². The molecule has 332 valence electrons. The lowest BCUT2D eigenvalue weighted by atomic mass is 10.0. The van der Waals surface area contributed by atoms with Crippen molar-refractivity contribution in [3.63, 3.8) is 0 Å². The molecule has 0 radical (unpaired) electrons. The molecule has 0 aliphatic rings. The third-order valence-electron chi connectivity index (χ3n) is 9.67. The van der Waals surface area contributed by atoms with Crippen LogP contribution in [0.4, 0.5) is 0 Å². The van der Waals surface area contributed by atoms with Gasteiger partial charge in [0, 0.05) is 19.6 Å². The Kier molecular flexibility index (Phi) is 43.9.